The van der Waals surface area contributed by atoms with Crippen LogP contribution >= 0.6 is 0 Å². The van der Waals surface area contributed by atoms with Crippen molar-refractivity contribution in [1.82, 2.24) is 15.2 Å². The van der Waals surface area contributed by atoms with Gasteiger partial charge >= 0.3 is 0 Å². The van der Waals surface area contributed by atoms with E-state index >= 15 is 0 Å². The van der Waals surface area contributed by atoms with Gasteiger partial charge in [0.25, 0.3) is 5.91 Å². The number of rotatable bonds is 5. The monoisotopic (exact) mass is 301 g/mol. The van der Waals surface area contributed by atoms with Crippen LogP contribution in [0.4, 0.5) is 0 Å². The fourth-order valence-electron chi connectivity index (χ4n) is 2.36. The lowest BCUT2D eigenvalue weighted by Gasteiger charge is -2.27. The Morgan fingerprint density at radius 1 is 1.23 bits per heavy atom. The predicted molar refractivity (Wildman–Crippen MR) is 81.7 cm³/mol. The fourth-order valence-corrected chi connectivity index (χ4v) is 2.36. The van der Waals surface area contributed by atoms with Gasteiger partial charge in [0.05, 0.1) is 17.8 Å². The van der Waals surface area contributed by atoms with E-state index in [0.717, 1.165) is 19.3 Å². The van der Waals surface area contributed by atoms with Gasteiger partial charge in [0.15, 0.2) is 0 Å². The van der Waals surface area contributed by atoms with E-state index in [0.29, 0.717) is 25.1 Å². The van der Waals surface area contributed by atoms with Crippen LogP contribution in [0.15, 0.2) is 30.5 Å². The number of piperidine rings is 1. The van der Waals surface area contributed by atoms with Crippen molar-refractivity contribution in [3.63, 3.8) is 0 Å². The number of nitrogens with one attached hydrogen (secondary N) is 1. The zero-order chi connectivity index (χ0) is 15.8. The molecule has 0 spiro atoms. The number of pyridine rings is 1. The van der Waals surface area contributed by atoms with Crippen LogP contribution < -0.4 is 5.32 Å². The van der Waals surface area contributed by atoms with Gasteiger partial charge in [0.1, 0.15) is 6.29 Å². The Balaban J connectivity index is 2.24. The third-order valence-electron chi connectivity index (χ3n) is 3.45. The average molecular weight is 301 g/mol. The van der Waals surface area contributed by atoms with E-state index in [-0.39, 0.29) is 18.0 Å². The fraction of sp³-hybridized carbons (Fsp3) is 0.375. The van der Waals surface area contributed by atoms with Crippen LogP contribution in [0.3, 0.4) is 0 Å². The Morgan fingerprint density at radius 2 is 2.00 bits per heavy atom. The number of aromatic nitrogens is 1. The number of carbonyl (C=O) groups excluding carboxylic acids is 3. The number of nitrogens with zero attached hydrogens (tertiary/aromatic N) is 2. The molecule has 0 aliphatic carbocycles. The minimum absolute atomic E-state index is 0.0806. The van der Waals surface area contributed by atoms with Gasteiger partial charge in [0, 0.05) is 25.4 Å². The second-order valence-electron chi connectivity index (χ2n) is 5.04. The summed E-state index contributed by atoms with van der Waals surface area (Å²) in [4.78, 5) is 40.7. The summed E-state index contributed by atoms with van der Waals surface area (Å²) in [6.07, 6.45) is 6.46. The molecule has 0 saturated carbocycles. The number of hydrogen-bond donors (Lipinski definition) is 1. The predicted octanol–water partition coefficient (Wildman–Crippen LogP) is 0.793. The summed E-state index contributed by atoms with van der Waals surface area (Å²) in [6, 6.07) is 5.21. The molecule has 1 aliphatic heterocycles. The first kappa shape index (κ1) is 15.9. The topological polar surface area (TPSA) is 79.4 Å². The second kappa shape index (κ2) is 8.07. The van der Waals surface area contributed by atoms with Crippen LogP contribution in [0.2, 0.25) is 0 Å². The van der Waals surface area contributed by atoms with E-state index in [9.17, 15) is 14.4 Å². The quantitative estimate of drug-likeness (QED) is 0.644. The number of aldehydes is 1. The van der Waals surface area contributed by atoms with Crippen molar-refractivity contribution in [2.45, 2.75) is 19.3 Å². The maximum absolute atomic E-state index is 12.7. The lowest BCUT2D eigenvalue weighted by atomic mass is 10.1. The first-order valence-corrected chi connectivity index (χ1v) is 7.36. The van der Waals surface area contributed by atoms with Gasteiger partial charge in [-0.05, 0) is 31.4 Å². The summed E-state index contributed by atoms with van der Waals surface area (Å²) < 4.78 is 0. The molecule has 1 aromatic rings. The van der Waals surface area contributed by atoms with Crippen LogP contribution in [0.1, 0.15) is 25.0 Å². The Kier molecular flexibility index (Phi) is 5.82. The van der Waals surface area contributed by atoms with Gasteiger partial charge in [0.2, 0.25) is 5.91 Å². The average Bonchev–Trinajstić information content (AvgIpc) is 2.59. The van der Waals surface area contributed by atoms with E-state index in [4.69, 9.17) is 0 Å². The molecule has 0 radical (unpaired) electrons. The van der Waals surface area contributed by atoms with Crippen LogP contribution in [-0.4, -0.2) is 47.6 Å². The third kappa shape index (κ3) is 4.25. The Labute approximate surface area is 129 Å². The Morgan fingerprint density at radius 3 is 2.64 bits per heavy atom. The highest BCUT2D eigenvalue weighted by molar-refractivity contribution is 6.23. The van der Waals surface area contributed by atoms with Gasteiger partial charge in [-0.15, -0.1) is 0 Å². The number of likely N-dealkylation sites (tertiary alicyclic amines) is 1. The van der Waals surface area contributed by atoms with Crippen molar-refractivity contribution in [3.05, 3.63) is 36.2 Å². The molecule has 1 fully saturated rings. The number of amides is 2. The van der Waals surface area contributed by atoms with E-state index in [1.54, 1.807) is 29.3 Å². The maximum Gasteiger partial charge on any atom is 0.256 e. The van der Waals surface area contributed by atoms with E-state index < -0.39 is 5.91 Å². The molecule has 116 valence electrons. The van der Waals surface area contributed by atoms with Crippen LogP contribution in [0.5, 0.6) is 0 Å². The van der Waals surface area contributed by atoms with Crippen molar-refractivity contribution in [2.75, 3.05) is 19.6 Å². The van der Waals surface area contributed by atoms with Crippen LogP contribution in [0.25, 0.3) is 5.57 Å². The lowest BCUT2D eigenvalue weighted by molar-refractivity contribution is -0.126. The molecule has 1 saturated heterocycles. The van der Waals surface area contributed by atoms with E-state index in [1.807, 2.05) is 0 Å². The normalized spacial score (nSPS) is 15.3. The van der Waals surface area contributed by atoms with Gasteiger partial charge in [-0.2, -0.15) is 0 Å². The summed E-state index contributed by atoms with van der Waals surface area (Å²) >= 11 is 0. The lowest BCUT2D eigenvalue weighted by Crippen LogP contribution is -2.36. The summed E-state index contributed by atoms with van der Waals surface area (Å²) in [5, 5.41) is 2.41. The molecule has 2 heterocycles. The molecule has 2 rings (SSSR count). The summed E-state index contributed by atoms with van der Waals surface area (Å²) in [5.41, 5.74) is 0.713. The molecule has 0 aromatic carbocycles. The van der Waals surface area contributed by atoms with Gasteiger partial charge in [-0.25, -0.2) is 0 Å². The zero-order valence-electron chi connectivity index (χ0n) is 12.3. The molecule has 2 amide bonds. The van der Waals surface area contributed by atoms with Crippen LogP contribution in [0, 0.1) is 0 Å². The molecule has 0 bridgehead atoms. The highest BCUT2D eigenvalue weighted by atomic mass is 16.2. The van der Waals surface area contributed by atoms with Crippen molar-refractivity contribution >= 4 is 23.7 Å². The zero-order valence-corrected chi connectivity index (χ0v) is 12.3. The number of carbonyl (C=O) groups is 3. The minimum atomic E-state index is -0.474. The van der Waals surface area contributed by atoms with E-state index in [1.165, 1.54) is 6.08 Å². The molecular weight excluding hydrogens is 282 g/mol. The highest BCUT2D eigenvalue weighted by Gasteiger charge is 2.22. The van der Waals surface area contributed by atoms with Crippen LogP contribution in [-0.2, 0) is 14.4 Å². The molecule has 1 N–H and O–H groups in total. The summed E-state index contributed by atoms with van der Waals surface area (Å²) in [7, 11) is 0. The van der Waals surface area contributed by atoms with Crippen molar-refractivity contribution in [1.29, 1.82) is 0 Å². The van der Waals surface area contributed by atoms with Gasteiger partial charge in [-0.1, -0.05) is 6.07 Å². The standard InChI is InChI=1S/C16H19N3O3/c20-11-8-18-15(21)12-13(14-6-2-3-7-17-14)16(22)19-9-4-1-5-10-19/h2-3,6-7,11-12H,1,4-5,8-10H2,(H,18,21). The molecule has 6 nitrogen and oxygen atoms in total. The molecule has 1 aliphatic rings. The second-order valence-corrected chi connectivity index (χ2v) is 5.04. The molecule has 1 aromatic heterocycles. The minimum Gasteiger partial charge on any atom is -0.346 e. The molecule has 0 unspecified atom stereocenters. The number of hydrogen-bond acceptors (Lipinski definition) is 4. The first-order valence-electron chi connectivity index (χ1n) is 7.36. The molecule has 0 atom stereocenters. The van der Waals surface area contributed by atoms with E-state index in [2.05, 4.69) is 10.3 Å². The first-order chi connectivity index (χ1) is 10.7. The van der Waals surface area contributed by atoms with Crippen molar-refractivity contribution in [2.24, 2.45) is 0 Å². The highest BCUT2D eigenvalue weighted by Crippen LogP contribution is 2.18. The smallest absolute Gasteiger partial charge is 0.256 e. The summed E-state index contributed by atoms with van der Waals surface area (Å²) in [5.74, 6) is -0.669. The Bertz CT molecular complexity index is 563. The van der Waals surface area contributed by atoms with Crippen molar-refractivity contribution in [3.8, 4) is 0 Å². The molecule has 6 heteroatoms. The largest absolute Gasteiger partial charge is 0.346 e. The third-order valence-corrected chi connectivity index (χ3v) is 3.45. The Hall–Kier alpha value is -2.50. The maximum atomic E-state index is 12.7. The van der Waals surface area contributed by atoms with Crippen molar-refractivity contribution < 1.29 is 14.4 Å². The SMILES string of the molecule is O=CCNC(=O)C=C(C(=O)N1CCCCC1)c1ccccn1. The molecule has 22 heavy (non-hydrogen) atoms. The molecular formula is C16H19N3O3. The van der Waals surface area contributed by atoms with Gasteiger partial charge < -0.3 is 15.0 Å². The van der Waals surface area contributed by atoms with Gasteiger partial charge in [-0.3, -0.25) is 14.6 Å². The summed E-state index contributed by atoms with van der Waals surface area (Å²) in [6.45, 7) is 1.31.